The smallest absolute Gasteiger partial charge is 0.252 e. The number of rotatable bonds is 5. The van der Waals surface area contributed by atoms with Crippen LogP contribution in [0.25, 0.3) is 0 Å². The van der Waals surface area contributed by atoms with Crippen LogP contribution in [-0.2, 0) is 0 Å². The van der Waals surface area contributed by atoms with Crippen molar-refractivity contribution in [3.05, 3.63) is 22.2 Å². The van der Waals surface area contributed by atoms with Gasteiger partial charge in [-0.15, -0.1) is 0 Å². The second-order valence-electron chi connectivity index (χ2n) is 6.41. The Morgan fingerprint density at radius 3 is 2.90 bits per heavy atom. The molecule has 0 spiro atoms. The topological polar surface area (TPSA) is 61.0 Å². The molecule has 0 bridgehead atoms. The molecule has 1 atom stereocenters. The summed E-state index contributed by atoms with van der Waals surface area (Å²) in [5, 5.41) is 3.35. The Labute approximate surface area is 119 Å². The molecule has 20 heavy (non-hydrogen) atoms. The number of anilines is 1. The molecule has 2 fully saturated rings. The first-order valence-corrected chi connectivity index (χ1v) is 7.71. The van der Waals surface area contributed by atoms with E-state index in [1.54, 1.807) is 6.07 Å². The van der Waals surface area contributed by atoms with Crippen LogP contribution >= 0.6 is 0 Å². The van der Waals surface area contributed by atoms with Crippen LogP contribution in [-0.4, -0.2) is 40.5 Å². The molecule has 2 heterocycles. The summed E-state index contributed by atoms with van der Waals surface area (Å²) >= 11 is 0. The Hall–Kier alpha value is -1.36. The third kappa shape index (κ3) is 3.20. The Balaban J connectivity index is 1.57. The summed E-state index contributed by atoms with van der Waals surface area (Å²) in [6, 6.07) is 2.19. The van der Waals surface area contributed by atoms with Gasteiger partial charge in [0.05, 0.1) is 0 Å². The molecule has 2 aliphatic rings. The maximum Gasteiger partial charge on any atom is 0.252 e. The molecule has 1 aromatic rings. The molecular formula is C15H24N4O. The first-order chi connectivity index (χ1) is 9.61. The van der Waals surface area contributed by atoms with Gasteiger partial charge in [-0.3, -0.25) is 4.79 Å². The van der Waals surface area contributed by atoms with E-state index in [-0.39, 0.29) is 5.56 Å². The maximum absolute atomic E-state index is 11.6. The number of nitrogens with one attached hydrogen (secondary N) is 2. The molecule has 1 unspecified atom stereocenters. The second kappa shape index (κ2) is 5.56. The fourth-order valence-corrected chi connectivity index (χ4v) is 2.86. The minimum atomic E-state index is -0.0420. The Bertz CT molecular complexity index is 521. The van der Waals surface area contributed by atoms with Crippen LogP contribution in [0.15, 0.2) is 10.9 Å². The van der Waals surface area contributed by atoms with Gasteiger partial charge >= 0.3 is 0 Å². The second-order valence-corrected chi connectivity index (χ2v) is 6.41. The minimum Gasteiger partial charge on any atom is -0.370 e. The van der Waals surface area contributed by atoms with Gasteiger partial charge in [-0.25, -0.2) is 4.98 Å². The van der Waals surface area contributed by atoms with Crippen LogP contribution < -0.4 is 10.9 Å². The largest absolute Gasteiger partial charge is 0.370 e. The molecule has 0 amide bonds. The van der Waals surface area contributed by atoms with E-state index in [0.717, 1.165) is 37.6 Å². The Morgan fingerprint density at radius 2 is 2.25 bits per heavy atom. The van der Waals surface area contributed by atoms with Gasteiger partial charge in [-0.05, 0) is 45.6 Å². The average molecular weight is 276 g/mol. The zero-order valence-electron chi connectivity index (χ0n) is 12.4. The number of aromatic nitrogens is 2. The predicted molar refractivity (Wildman–Crippen MR) is 80.1 cm³/mol. The van der Waals surface area contributed by atoms with Crippen molar-refractivity contribution in [2.45, 2.75) is 45.1 Å². The van der Waals surface area contributed by atoms with E-state index in [1.165, 1.54) is 13.0 Å². The van der Waals surface area contributed by atoms with Gasteiger partial charge in [0.2, 0.25) is 0 Å². The van der Waals surface area contributed by atoms with Gasteiger partial charge in [0.1, 0.15) is 11.6 Å². The van der Waals surface area contributed by atoms with Crippen molar-refractivity contribution in [3.8, 4) is 0 Å². The molecule has 3 rings (SSSR count). The zero-order valence-corrected chi connectivity index (χ0v) is 12.4. The Morgan fingerprint density at radius 1 is 1.45 bits per heavy atom. The highest BCUT2D eigenvalue weighted by molar-refractivity contribution is 5.34. The molecule has 1 aliphatic carbocycles. The van der Waals surface area contributed by atoms with E-state index in [9.17, 15) is 4.79 Å². The quantitative estimate of drug-likeness (QED) is 0.861. The van der Waals surface area contributed by atoms with Gasteiger partial charge in [0, 0.05) is 31.1 Å². The summed E-state index contributed by atoms with van der Waals surface area (Å²) in [4.78, 5) is 21.5. The highest BCUT2D eigenvalue weighted by Crippen LogP contribution is 2.37. The van der Waals surface area contributed by atoms with Gasteiger partial charge < -0.3 is 15.2 Å². The minimum absolute atomic E-state index is 0.0420. The van der Waals surface area contributed by atoms with Crippen LogP contribution in [0, 0.1) is 5.92 Å². The third-order valence-corrected chi connectivity index (χ3v) is 4.34. The molecule has 1 aliphatic heterocycles. The van der Waals surface area contributed by atoms with Crippen molar-refractivity contribution >= 4 is 5.82 Å². The van der Waals surface area contributed by atoms with Crippen molar-refractivity contribution in [2.75, 3.05) is 25.0 Å². The van der Waals surface area contributed by atoms with Crippen molar-refractivity contribution in [1.82, 2.24) is 14.9 Å². The van der Waals surface area contributed by atoms with Crippen LogP contribution in [0.2, 0.25) is 0 Å². The first-order valence-electron chi connectivity index (χ1n) is 7.71. The average Bonchev–Trinajstić information content (AvgIpc) is 3.14. The molecular weight excluding hydrogens is 252 g/mol. The summed E-state index contributed by atoms with van der Waals surface area (Å²) in [7, 11) is 0. The number of likely N-dealkylation sites (tertiary alicyclic amines) is 1. The Kier molecular flexibility index (Phi) is 3.78. The van der Waals surface area contributed by atoms with Crippen LogP contribution in [0.3, 0.4) is 0 Å². The molecule has 1 saturated heterocycles. The van der Waals surface area contributed by atoms with Crippen LogP contribution in [0.1, 0.15) is 44.9 Å². The summed E-state index contributed by atoms with van der Waals surface area (Å²) in [5.41, 5.74) is -0.0420. The van der Waals surface area contributed by atoms with Gasteiger partial charge in [0.15, 0.2) is 0 Å². The molecule has 1 aromatic heterocycles. The summed E-state index contributed by atoms with van der Waals surface area (Å²) in [6.07, 6.45) is 3.53. The highest BCUT2D eigenvalue weighted by atomic mass is 16.1. The van der Waals surface area contributed by atoms with E-state index in [0.29, 0.717) is 17.9 Å². The maximum atomic E-state index is 11.6. The lowest BCUT2D eigenvalue weighted by molar-refractivity contribution is 0.266. The SMILES string of the molecule is CC(C)N1CCC(CNc2cc(=O)[nH]c(C3CC3)n2)C1. The van der Waals surface area contributed by atoms with Crippen LogP contribution in [0.5, 0.6) is 0 Å². The third-order valence-electron chi connectivity index (χ3n) is 4.34. The molecule has 2 N–H and O–H groups in total. The summed E-state index contributed by atoms with van der Waals surface area (Å²) < 4.78 is 0. The fourth-order valence-electron chi connectivity index (χ4n) is 2.86. The van der Waals surface area contributed by atoms with Gasteiger partial charge in [-0.1, -0.05) is 0 Å². The number of hydrogen-bond donors (Lipinski definition) is 2. The monoisotopic (exact) mass is 276 g/mol. The molecule has 5 nitrogen and oxygen atoms in total. The van der Waals surface area contributed by atoms with Crippen LogP contribution in [0.4, 0.5) is 5.82 Å². The standard InChI is InChI=1S/C15H24N4O/c1-10(2)19-6-5-11(9-19)8-16-13-7-14(20)18-15(17-13)12-3-4-12/h7,10-12H,3-6,8-9H2,1-2H3,(H2,16,17,18,20). The van der Waals surface area contributed by atoms with E-state index >= 15 is 0 Å². The zero-order chi connectivity index (χ0) is 14.1. The fraction of sp³-hybridized carbons (Fsp3) is 0.733. The van der Waals surface area contributed by atoms with E-state index in [2.05, 4.69) is 34.0 Å². The molecule has 0 radical (unpaired) electrons. The summed E-state index contributed by atoms with van der Waals surface area (Å²) in [6.45, 7) is 7.72. The van der Waals surface area contributed by atoms with Gasteiger partial charge in [0.25, 0.3) is 5.56 Å². The predicted octanol–water partition coefficient (Wildman–Crippen LogP) is 1.79. The highest BCUT2D eigenvalue weighted by Gasteiger charge is 2.27. The molecule has 1 saturated carbocycles. The summed E-state index contributed by atoms with van der Waals surface area (Å²) in [5.74, 6) is 2.73. The van der Waals surface area contributed by atoms with Crippen molar-refractivity contribution in [2.24, 2.45) is 5.92 Å². The normalized spacial score (nSPS) is 23.4. The number of hydrogen-bond acceptors (Lipinski definition) is 4. The van der Waals surface area contributed by atoms with Gasteiger partial charge in [-0.2, -0.15) is 0 Å². The van der Waals surface area contributed by atoms with Crippen molar-refractivity contribution < 1.29 is 0 Å². The molecule has 110 valence electrons. The van der Waals surface area contributed by atoms with E-state index in [4.69, 9.17) is 0 Å². The number of aromatic amines is 1. The van der Waals surface area contributed by atoms with Crippen molar-refractivity contribution in [1.29, 1.82) is 0 Å². The number of H-pyrrole nitrogens is 1. The molecule has 0 aromatic carbocycles. The first kappa shape index (κ1) is 13.6. The lowest BCUT2D eigenvalue weighted by Crippen LogP contribution is -2.29. The lowest BCUT2D eigenvalue weighted by atomic mass is 10.1. The number of nitrogens with zero attached hydrogens (tertiary/aromatic N) is 2. The van der Waals surface area contributed by atoms with E-state index in [1.807, 2.05) is 0 Å². The van der Waals surface area contributed by atoms with E-state index < -0.39 is 0 Å². The lowest BCUT2D eigenvalue weighted by Gasteiger charge is -2.20. The molecule has 5 heteroatoms. The van der Waals surface area contributed by atoms with Crippen molar-refractivity contribution in [3.63, 3.8) is 0 Å².